The lowest BCUT2D eigenvalue weighted by Gasteiger charge is -2.32. The largest absolute Gasteiger partial charge is 0.456 e. The molecule has 3 aromatic rings. The summed E-state index contributed by atoms with van der Waals surface area (Å²) in [6, 6.07) is 18.8. The van der Waals surface area contributed by atoms with E-state index in [1.165, 1.54) is 16.3 Å². The predicted molar refractivity (Wildman–Crippen MR) is 103 cm³/mol. The van der Waals surface area contributed by atoms with E-state index >= 15 is 0 Å². The Kier molecular flexibility index (Phi) is 4.76. The summed E-state index contributed by atoms with van der Waals surface area (Å²) in [5.74, 6) is 1.06. The Balaban J connectivity index is 1.34. The first kappa shape index (κ1) is 16.9. The highest BCUT2D eigenvalue weighted by molar-refractivity contribution is 5.91. The Hall–Kier alpha value is -2.59. The van der Waals surface area contributed by atoms with Crippen molar-refractivity contribution >= 4 is 16.7 Å². The monoisotopic (exact) mass is 348 g/mol. The van der Waals surface area contributed by atoms with Crippen LogP contribution in [0.2, 0.25) is 0 Å². The average Bonchev–Trinajstić information content (AvgIpc) is 3.10. The Labute approximate surface area is 153 Å². The van der Waals surface area contributed by atoms with Crippen LogP contribution in [0.3, 0.4) is 0 Å². The zero-order chi connectivity index (χ0) is 17.9. The molecular weight excluding hydrogens is 324 g/mol. The zero-order valence-electron chi connectivity index (χ0n) is 15.1. The number of hydrogen-bond donors (Lipinski definition) is 1. The maximum Gasteiger partial charge on any atom is 0.287 e. The van der Waals surface area contributed by atoms with Gasteiger partial charge in [-0.2, -0.15) is 0 Å². The number of rotatable bonds is 4. The number of carbonyl (C=O) groups excluding carboxylic acids is 1. The van der Waals surface area contributed by atoms with Crippen LogP contribution in [0, 0.1) is 6.92 Å². The second-order valence-corrected chi connectivity index (χ2v) is 7.07. The fourth-order valence-electron chi connectivity index (χ4n) is 3.72. The molecule has 0 radical (unpaired) electrons. The first-order valence-electron chi connectivity index (χ1n) is 9.25. The summed E-state index contributed by atoms with van der Waals surface area (Å²) in [5, 5.41) is 5.73. The molecule has 1 aromatic heterocycles. The normalized spacial score (nSPS) is 16.0. The molecule has 4 rings (SSSR count). The highest BCUT2D eigenvalue weighted by Gasteiger charge is 2.22. The van der Waals surface area contributed by atoms with Gasteiger partial charge in [0.05, 0.1) is 0 Å². The van der Waals surface area contributed by atoms with Crippen LogP contribution in [0.15, 0.2) is 59.0 Å². The van der Waals surface area contributed by atoms with E-state index in [2.05, 4.69) is 52.7 Å². The average molecular weight is 348 g/mol. The Morgan fingerprint density at radius 2 is 1.85 bits per heavy atom. The number of furan rings is 1. The molecule has 134 valence electrons. The lowest BCUT2D eigenvalue weighted by molar-refractivity contribution is 0.0880. The first-order chi connectivity index (χ1) is 12.7. The van der Waals surface area contributed by atoms with Crippen LogP contribution >= 0.6 is 0 Å². The Morgan fingerprint density at radius 1 is 1.08 bits per heavy atom. The Bertz CT molecular complexity index is 902. The highest BCUT2D eigenvalue weighted by atomic mass is 16.3. The van der Waals surface area contributed by atoms with Crippen LogP contribution in [0.25, 0.3) is 10.8 Å². The van der Waals surface area contributed by atoms with Crippen molar-refractivity contribution in [3.63, 3.8) is 0 Å². The zero-order valence-corrected chi connectivity index (χ0v) is 15.1. The van der Waals surface area contributed by atoms with E-state index in [0.717, 1.165) is 38.2 Å². The third-order valence-corrected chi connectivity index (χ3v) is 5.16. The highest BCUT2D eigenvalue weighted by Crippen LogP contribution is 2.22. The van der Waals surface area contributed by atoms with Crippen molar-refractivity contribution in [1.82, 2.24) is 10.2 Å². The molecule has 1 aliphatic rings. The van der Waals surface area contributed by atoms with Crippen molar-refractivity contribution in [2.24, 2.45) is 0 Å². The van der Waals surface area contributed by atoms with Crippen LogP contribution < -0.4 is 5.32 Å². The molecule has 1 amide bonds. The van der Waals surface area contributed by atoms with Crippen molar-refractivity contribution < 1.29 is 9.21 Å². The van der Waals surface area contributed by atoms with Gasteiger partial charge in [-0.15, -0.1) is 0 Å². The summed E-state index contributed by atoms with van der Waals surface area (Å²) in [6.45, 7) is 4.79. The fraction of sp³-hybridized carbons (Fsp3) is 0.318. The summed E-state index contributed by atoms with van der Waals surface area (Å²) in [6.07, 6.45) is 1.94. The second-order valence-electron chi connectivity index (χ2n) is 7.07. The van der Waals surface area contributed by atoms with Gasteiger partial charge >= 0.3 is 0 Å². The number of carbonyl (C=O) groups is 1. The van der Waals surface area contributed by atoms with E-state index in [-0.39, 0.29) is 11.9 Å². The maximum atomic E-state index is 12.2. The van der Waals surface area contributed by atoms with Gasteiger partial charge in [0.25, 0.3) is 5.91 Å². The van der Waals surface area contributed by atoms with E-state index < -0.39 is 0 Å². The lowest BCUT2D eigenvalue weighted by Crippen LogP contribution is -2.44. The number of nitrogens with one attached hydrogen (secondary N) is 1. The third kappa shape index (κ3) is 3.65. The molecule has 1 N–H and O–H groups in total. The van der Waals surface area contributed by atoms with Gasteiger partial charge in [0.1, 0.15) is 5.76 Å². The minimum Gasteiger partial charge on any atom is -0.456 e. The predicted octanol–water partition coefficient (Wildman–Crippen LogP) is 4.14. The van der Waals surface area contributed by atoms with E-state index in [1.54, 1.807) is 6.07 Å². The quantitative estimate of drug-likeness (QED) is 0.771. The van der Waals surface area contributed by atoms with E-state index in [4.69, 9.17) is 4.42 Å². The third-order valence-electron chi connectivity index (χ3n) is 5.16. The number of piperidine rings is 1. The minimum atomic E-state index is -0.106. The van der Waals surface area contributed by atoms with E-state index in [0.29, 0.717) is 5.76 Å². The molecule has 1 saturated heterocycles. The van der Waals surface area contributed by atoms with Gasteiger partial charge in [0, 0.05) is 25.7 Å². The minimum absolute atomic E-state index is 0.106. The Morgan fingerprint density at radius 3 is 2.62 bits per heavy atom. The molecule has 26 heavy (non-hydrogen) atoms. The van der Waals surface area contributed by atoms with Gasteiger partial charge in [-0.3, -0.25) is 9.69 Å². The van der Waals surface area contributed by atoms with Crippen molar-refractivity contribution in [3.05, 3.63) is 71.7 Å². The van der Waals surface area contributed by atoms with Gasteiger partial charge in [-0.1, -0.05) is 42.5 Å². The number of fused-ring (bicyclic) bond motifs is 1. The lowest BCUT2D eigenvalue weighted by atomic mass is 10.0. The van der Waals surface area contributed by atoms with Gasteiger partial charge in [-0.05, 0) is 48.2 Å². The number of benzene rings is 2. The second kappa shape index (κ2) is 7.34. The number of amides is 1. The molecule has 1 aliphatic heterocycles. The fourth-order valence-corrected chi connectivity index (χ4v) is 3.72. The molecule has 0 spiro atoms. The summed E-state index contributed by atoms with van der Waals surface area (Å²) in [5.41, 5.74) is 1.37. The topological polar surface area (TPSA) is 45.5 Å². The van der Waals surface area contributed by atoms with Gasteiger partial charge in [0.15, 0.2) is 5.76 Å². The molecule has 0 saturated carbocycles. The first-order valence-corrected chi connectivity index (χ1v) is 9.25. The van der Waals surface area contributed by atoms with Crippen LogP contribution in [0.1, 0.15) is 34.7 Å². The van der Waals surface area contributed by atoms with E-state index in [9.17, 15) is 4.79 Å². The van der Waals surface area contributed by atoms with Crippen LogP contribution in [-0.4, -0.2) is 29.9 Å². The molecule has 0 atom stereocenters. The van der Waals surface area contributed by atoms with Crippen LogP contribution in [-0.2, 0) is 6.54 Å². The molecule has 0 bridgehead atoms. The summed E-state index contributed by atoms with van der Waals surface area (Å²) < 4.78 is 5.41. The van der Waals surface area contributed by atoms with Crippen molar-refractivity contribution in [1.29, 1.82) is 0 Å². The smallest absolute Gasteiger partial charge is 0.287 e. The van der Waals surface area contributed by atoms with Gasteiger partial charge < -0.3 is 9.73 Å². The molecule has 4 nitrogen and oxygen atoms in total. The molecule has 1 fully saturated rings. The van der Waals surface area contributed by atoms with Gasteiger partial charge in [0.2, 0.25) is 0 Å². The molecule has 4 heteroatoms. The maximum absolute atomic E-state index is 12.2. The molecule has 0 unspecified atom stereocenters. The van der Waals surface area contributed by atoms with Crippen molar-refractivity contribution in [2.75, 3.05) is 13.1 Å². The SMILES string of the molecule is Cc1ccc(C(=O)NC2CCN(Cc3cccc4ccccc34)CC2)o1. The summed E-state index contributed by atoms with van der Waals surface area (Å²) >= 11 is 0. The standard InChI is InChI=1S/C22H24N2O2/c1-16-9-10-21(26-16)22(25)23-19-11-13-24(14-12-19)15-18-7-4-6-17-5-2-3-8-20(17)18/h2-10,19H,11-15H2,1H3,(H,23,25). The molecule has 0 aliphatic carbocycles. The summed E-state index contributed by atoms with van der Waals surface area (Å²) in [4.78, 5) is 14.7. The van der Waals surface area contributed by atoms with Gasteiger partial charge in [-0.25, -0.2) is 0 Å². The number of aryl methyl sites for hydroxylation is 1. The molecular formula is C22H24N2O2. The van der Waals surface area contributed by atoms with E-state index in [1.807, 2.05) is 13.0 Å². The van der Waals surface area contributed by atoms with Crippen molar-refractivity contribution in [3.8, 4) is 0 Å². The van der Waals surface area contributed by atoms with Crippen LogP contribution in [0.4, 0.5) is 0 Å². The van der Waals surface area contributed by atoms with Crippen molar-refractivity contribution in [2.45, 2.75) is 32.4 Å². The number of nitrogens with zero attached hydrogens (tertiary/aromatic N) is 1. The number of likely N-dealkylation sites (tertiary alicyclic amines) is 1. The number of hydrogen-bond acceptors (Lipinski definition) is 3. The summed E-state index contributed by atoms with van der Waals surface area (Å²) in [7, 11) is 0. The van der Waals surface area contributed by atoms with Crippen LogP contribution in [0.5, 0.6) is 0 Å². The molecule has 2 aromatic carbocycles. The molecule has 2 heterocycles.